The average molecular weight is 358 g/mol. The van der Waals surface area contributed by atoms with Crippen molar-refractivity contribution in [1.82, 2.24) is 0 Å². The van der Waals surface area contributed by atoms with Gasteiger partial charge in [0, 0.05) is 15.6 Å². The zero-order chi connectivity index (χ0) is 14.7. The lowest BCUT2D eigenvalue weighted by Gasteiger charge is -2.11. The first-order valence-corrected chi connectivity index (χ1v) is 6.85. The Kier molecular flexibility index (Phi) is 4.62. The number of hydrogen-bond donors (Lipinski definition) is 2. The fourth-order valence-corrected chi connectivity index (χ4v) is 2.18. The molecule has 104 valence electrons. The molecule has 2 rings (SSSR count). The van der Waals surface area contributed by atoms with Crippen LogP contribution in [0.2, 0.25) is 5.02 Å². The minimum Gasteiger partial charge on any atom is -0.487 e. The normalized spacial score (nSPS) is 10.3. The van der Waals surface area contributed by atoms with Gasteiger partial charge in [0.25, 0.3) is 0 Å². The van der Waals surface area contributed by atoms with Crippen LogP contribution in [0.5, 0.6) is 5.75 Å². The van der Waals surface area contributed by atoms with E-state index in [2.05, 4.69) is 15.9 Å². The number of amidine groups is 1. The van der Waals surface area contributed by atoms with Crippen LogP contribution in [0.15, 0.2) is 40.9 Å². The summed E-state index contributed by atoms with van der Waals surface area (Å²) in [5, 5.41) is 7.93. The third-order valence-electron chi connectivity index (χ3n) is 2.64. The van der Waals surface area contributed by atoms with E-state index >= 15 is 0 Å². The molecule has 0 saturated carbocycles. The summed E-state index contributed by atoms with van der Waals surface area (Å²) in [7, 11) is 0. The predicted molar refractivity (Wildman–Crippen MR) is 80.9 cm³/mol. The molecule has 3 N–H and O–H groups in total. The first-order chi connectivity index (χ1) is 9.47. The summed E-state index contributed by atoms with van der Waals surface area (Å²) in [5.74, 6) is -0.150. The van der Waals surface area contributed by atoms with Crippen molar-refractivity contribution in [3.63, 3.8) is 0 Å². The number of rotatable bonds is 4. The lowest BCUT2D eigenvalue weighted by atomic mass is 10.1. The Bertz CT molecular complexity index is 664. The zero-order valence-corrected chi connectivity index (χ0v) is 12.6. The molecule has 0 amide bonds. The summed E-state index contributed by atoms with van der Waals surface area (Å²) in [5.41, 5.74) is 6.37. The number of nitrogens with one attached hydrogen (secondary N) is 1. The largest absolute Gasteiger partial charge is 0.487 e. The van der Waals surface area contributed by atoms with E-state index < -0.39 is 5.82 Å². The maximum Gasteiger partial charge on any atom is 0.139 e. The predicted octanol–water partition coefficient (Wildman–Crippen LogP) is 4.10. The van der Waals surface area contributed by atoms with E-state index in [9.17, 15) is 4.39 Å². The van der Waals surface area contributed by atoms with E-state index in [-0.39, 0.29) is 12.4 Å². The Labute approximate surface area is 129 Å². The molecule has 0 aliphatic heterocycles. The molecule has 3 nitrogen and oxygen atoms in total. The summed E-state index contributed by atoms with van der Waals surface area (Å²) in [6.07, 6.45) is 0. The van der Waals surface area contributed by atoms with E-state index in [4.69, 9.17) is 27.5 Å². The molecule has 6 heteroatoms. The van der Waals surface area contributed by atoms with Crippen LogP contribution in [0.4, 0.5) is 4.39 Å². The van der Waals surface area contributed by atoms with Crippen molar-refractivity contribution in [3.05, 3.63) is 62.8 Å². The Morgan fingerprint density at radius 1 is 1.30 bits per heavy atom. The van der Waals surface area contributed by atoms with Crippen LogP contribution in [0, 0.1) is 11.2 Å². The Hall–Kier alpha value is -1.59. The molecule has 0 spiro atoms. The highest BCUT2D eigenvalue weighted by Crippen LogP contribution is 2.28. The second-order valence-corrected chi connectivity index (χ2v) is 5.40. The first kappa shape index (κ1) is 14.8. The number of hydrogen-bond acceptors (Lipinski definition) is 2. The van der Waals surface area contributed by atoms with Gasteiger partial charge in [0.2, 0.25) is 0 Å². The molecule has 0 heterocycles. The summed E-state index contributed by atoms with van der Waals surface area (Å²) in [6.45, 7) is 0.144. The Balaban J connectivity index is 2.23. The molecule has 0 bridgehead atoms. The van der Waals surface area contributed by atoms with Crippen LogP contribution in [0.25, 0.3) is 0 Å². The number of halogens is 3. The highest BCUT2D eigenvalue weighted by atomic mass is 79.9. The van der Waals surface area contributed by atoms with Crippen LogP contribution in [-0.4, -0.2) is 5.84 Å². The van der Waals surface area contributed by atoms with Crippen molar-refractivity contribution >= 4 is 33.4 Å². The van der Waals surface area contributed by atoms with E-state index in [1.165, 1.54) is 18.2 Å². The van der Waals surface area contributed by atoms with Crippen LogP contribution in [-0.2, 0) is 6.61 Å². The van der Waals surface area contributed by atoms with Crippen LogP contribution >= 0.6 is 27.5 Å². The smallest absolute Gasteiger partial charge is 0.139 e. The summed E-state index contributed by atoms with van der Waals surface area (Å²) in [6, 6.07) is 9.29. The zero-order valence-electron chi connectivity index (χ0n) is 10.3. The van der Waals surface area contributed by atoms with Gasteiger partial charge in [0.15, 0.2) is 0 Å². The van der Waals surface area contributed by atoms with Crippen molar-refractivity contribution in [3.8, 4) is 5.75 Å². The standard InChI is InChI=1S/C14H11BrClFN2O/c15-9-2-4-12(16)13(5-9)20-7-8-1-3-10(17)6-11(8)14(18)19/h1-6H,7H2,(H3,18,19). The van der Waals surface area contributed by atoms with Gasteiger partial charge in [-0.25, -0.2) is 4.39 Å². The third kappa shape index (κ3) is 3.49. The maximum absolute atomic E-state index is 13.2. The molecular weight excluding hydrogens is 347 g/mol. The van der Waals surface area contributed by atoms with Crippen molar-refractivity contribution in [2.75, 3.05) is 0 Å². The SMILES string of the molecule is N=C(N)c1cc(F)ccc1COc1cc(Br)ccc1Cl. The minimum absolute atomic E-state index is 0.144. The van der Waals surface area contributed by atoms with Gasteiger partial charge >= 0.3 is 0 Å². The van der Waals surface area contributed by atoms with Gasteiger partial charge in [0.1, 0.15) is 24.0 Å². The molecule has 0 aliphatic rings. The van der Waals surface area contributed by atoms with E-state index in [0.29, 0.717) is 21.9 Å². The first-order valence-electron chi connectivity index (χ1n) is 5.68. The fraction of sp³-hybridized carbons (Fsp3) is 0.0714. The van der Waals surface area contributed by atoms with E-state index in [1.807, 2.05) is 0 Å². The quantitative estimate of drug-likeness (QED) is 0.639. The van der Waals surface area contributed by atoms with E-state index in [1.54, 1.807) is 18.2 Å². The molecule has 0 atom stereocenters. The van der Waals surface area contributed by atoms with Crippen molar-refractivity contribution < 1.29 is 9.13 Å². The van der Waals surface area contributed by atoms with Crippen LogP contribution in [0.1, 0.15) is 11.1 Å². The van der Waals surface area contributed by atoms with Gasteiger partial charge < -0.3 is 10.5 Å². The molecular formula is C14H11BrClFN2O. The van der Waals surface area contributed by atoms with Gasteiger partial charge in [-0.15, -0.1) is 0 Å². The van der Waals surface area contributed by atoms with Gasteiger partial charge in [0.05, 0.1) is 5.02 Å². The molecule has 0 radical (unpaired) electrons. The van der Waals surface area contributed by atoms with Crippen molar-refractivity contribution in [2.24, 2.45) is 5.73 Å². The summed E-state index contributed by atoms with van der Waals surface area (Å²) in [4.78, 5) is 0. The lowest BCUT2D eigenvalue weighted by molar-refractivity contribution is 0.306. The molecule has 2 aromatic carbocycles. The second kappa shape index (κ2) is 6.24. The van der Waals surface area contributed by atoms with Crippen LogP contribution in [0.3, 0.4) is 0 Å². The summed E-state index contributed by atoms with van der Waals surface area (Å²) < 4.78 is 19.6. The minimum atomic E-state index is -0.445. The molecule has 0 aliphatic carbocycles. The Morgan fingerprint density at radius 3 is 2.75 bits per heavy atom. The average Bonchev–Trinajstić information content (AvgIpc) is 2.40. The number of nitrogen functional groups attached to an aromatic ring is 1. The highest BCUT2D eigenvalue weighted by Gasteiger charge is 2.09. The van der Waals surface area contributed by atoms with Crippen LogP contribution < -0.4 is 10.5 Å². The van der Waals surface area contributed by atoms with Gasteiger partial charge in [-0.3, -0.25) is 5.41 Å². The number of benzene rings is 2. The molecule has 2 aromatic rings. The highest BCUT2D eigenvalue weighted by molar-refractivity contribution is 9.10. The van der Waals surface area contributed by atoms with Gasteiger partial charge in [-0.2, -0.15) is 0 Å². The molecule has 0 unspecified atom stereocenters. The summed E-state index contributed by atoms with van der Waals surface area (Å²) >= 11 is 9.34. The van der Waals surface area contributed by atoms with Crippen molar-refractivity contribution in [2.45, 2.75) is 6.61 Å². The molecule has 0 saturated heterocycles. The maximum atomic E-state index is 13.2. The topological polar surface area (TPSA) is 59.1 Å². The molecule has 0 aromatic heterocycles. The second-order valence-electron chi connectivity index (χ2n) is 4.08. The number of ether oxygens (including phenoxy) is 1. The molecule has 0 fully saturated rings. The lowest BCUT2D eigenvalue weighted by Crippen LogP contribution is -2.15. The third-order valence-corrected chi connectivity index (χ3v) is 3.44. The number of nitrogens with two attached hydrogens (primary N) is 1. The monoisotopic (exact) mass is 356 g/mol. The molecule has 20 heavy (non-hydrogen) atoms. The Morgan fingerprint density at radius 2 is 2.05 bits per heavy atom. The van der Waals surface area contributed by atoms with Gasteiger partial charge in [-0.05, 0) is 30.3 Å². The van der Waals surface area contributed by atoms with Crippen molar-refractivity contribution in [1.29, 1.82) is 5.41 Å². The fourth-order valence-electron chi connectivity index (χ4n) is 1.67. The van der Waals surface area contributed by atoms with E-state index in [0.717, 1.165) is 4.47 Å². The van der Waals surface area contributed by atoms with Gasteiger partial charge in [-0.1, -0.05) is 33.6 Å².